The van der Waals surface area contributed by atoms with Gasteiger partial charge in [-0.15, -0.1) is 0 Å². The molecule has 3 saturated carbocycles. The molecule has 0 heterocycles. The van der Waals surface area contributed by atoms with Gasteiger partial charge in [0.2, 0.25) is 0 Å². The monoisotopic (exact) mass is 266 g/mol. The maximum Gasteiger partial charge on any atom is 0.0599 e. The zero-order valence-corrected chi connectivity index (χ0v) is 12.8. The molecular formula is C17H30O2. The first-order valence-corrected chi connectivity index (χ1v) is 8.23. The highest BCUT2D eigenvalue weighted by Gasteiger charge is 2.61. The average molecular weight is 266 g/mol. The summed E-state index contributed by atoms with van der Waals surface area (Å²) in [5, 5.41) is 9.73. The van der Waals surface area contributed by atoms with Gasteiger partial charge in [-0.05, 0) is 67.6 Å². The minimum Gasteiger partial charge on any atom is -0.393 e. The van der Waals surface area contributed by atoms with E-state index in [0.29, 0.717) is 16.9 Å². The van der Waals surface area contributed by atoms with Crippen molar-refractivity contribution in [1.82, 2.24) is 0 Å². The minimum atomic E-state index is -0.120. The summed E-state index contributed by atoms with van der Waals surface area (Å²) in [4.78, 5) is 0. The molecule has 3 fully saturated rings. The van der Waals surface area contributed by atoms with E-state index in [1.165, 1.54) is 19.3 Å². The number of aliphatic hydroxyl groups is 1. The lowest BCUT2D eigenvalue weighted by Crippen LogP contribution is -2.36. The maximum absolute atomic E-state index is 9.73. The van der Waals surface area contributed by atoms with Gasteiger partial charge in [0.15, 0.2) is 0 Å². The van der Waals surface area contributed by atoms with Crippen LogP contribution in [0.5, 0.6) is 0 Å². The van der Waals surface area contributed by atoms with Crippen molar-refractivity contribution >= 4 is 0 Å². The molecule has 19 heavy (non-hydrogen) atoms. The van der Waals surface area contributed by atoms with Crippen LogP contribution in [0.1, 0.15) is 65.7 Å². The average Bonchev–Trinajstić information content (AvgIpc) is 2.69. The highest BCUT2D eigenvalue weighted by molar-refractivity contribution is 5.09. The van der Waals surface area contributed by atoms with Crippen molar-refractivity contribution in [2.75, 3.05) is 6.61 Å². The standard InChI is InChI=1S/C17H30O2/c1-16(2)12-7-8-17(16,3)13(9-12)11-19-15-6-4-5-14(18)10-15/h12-15,18H,4-11H2,1-3H3/t12-,13+,14?,15?,17+/m1/s1. The van der Waals surface area contributed by atoms with Crippen LogP contribution in [-0.2, 0) is 4.74 Å². The van der Waals surface area contributed by atoms with Crippen molar-refractivity contribution in [2.24, 2.45) is 22.7 Å². The fourth-order valence-corrected chi connectivity index (χ4v) is 5.15. The van der Waals surface area contributed by atoms with Crippen LogP contribution in [0.2, 0.25) is 0 Å². The molecule has 1 N–H and O–H groups in total. The van der Waals surface area contributed by atoms with E-state index in [4.69, 9.17) is 4.74 Å². The molecule has 2 nitrogen and oxygen atoms in total. The molecule has 2 bridgehead atoms. The highest BCUT2D eigenvalue weighted by atomic mass is 16.5. The Bertz CT molecular complexity index is 338. The van der Waals surface area contributed by atoms with Gasteiger partial charge in [-0.1, -0.05) is 20.8 Å². The summed E-state index contributed by atoms with van der Waals surface area (Å²) in [6.07, 6.45) is 8.45. The van der Waals surface area contributed by atoms with Gasteiger partial charge >= 0.3 is 0 Å². The molecule has 0 radical (unpaired) electrons. The predicted molar refractivity (Wildman–Crippen MR) is 76.9 cm³/mol. The third kappa shape index (κ3) is 2.15. The highest BCUT2D eigenvalue weighted by Crippen LogP contribution is 2.68. The molecule has 3 aliphatic carbocycles. The molecule has 0 aromatic rings. The third-order valence-corrected chi connectivity index (χ3v) is 7.11. The molecular weight excluding hydrogens is 236 g/mol. The van der Waals surface area contributed by atoms with Gasteiger partial charge in [0, 0.05) is 0 Å². The number of hydrogen-bond acceptors (Lipinski definition) is 2. The van der Waals surface area contributed by atoms with Crippen LogP contribution >= 0.6 is 0 Å². The van der Waals surface area contributed by atoms with Crippen LogP contribution in [0, 0.1) is 22.7 Å². The van der Waals surface area contributed by atoms with Crippen molar-refractivity contribution in [2.45, 2.75) is 77.9 Å². The van der Waals surface area contributed by atoms with Crippen LogP contribution in [0.15, 0.2) is 0 Å². The van der Waals surface area contributed by atoms with Gasteiger partial charge in [0.1, 0.15) is 0 Å². The quantitative estimate of drug-likeness (QED) is 0.842. The Hall–Kier alpha value is -0.0800. The molecule has 0 amide bonds. The second kappa shape index (κ2) is 4.73. The topological polar surface area (TPSA) is 29.5 Å². The van der Waals surface area contributed by atoms with E-state index in [-0.39, 0.29) is 6.10 Å². The van der Waals surface area contributed by atoms with Crippen LogP contribution < -0.4 is 0 Å². The molecule has 0 saturated heterocycles. The van der Waals surface area contributed by atoms with Crippen molar-refractivity contribution < 1.29 is 9.84 Å². The molecule has 110 valence electrons. The van der Waals surface area contributed by atoms with Gasteiger partial charge in [0.25, 0.3) is 0 Å². The molecule has 5 atom stereocenters. The molecule has 0 aromatic heterocycles. The van der Waals surface area contributed by atoms with E-state index in [1.807, 2.05) is 0 Å². The predicted octanol–water partition coefficient (Wildman–Crippen LogP) is 3.77. The lowest BCUT2D eigenvalue weighted by atomic mass is 9.67. The lowest BCUT2D eigenvalue weighted by Gasteiger charge is -2.40. The summed E-state index contributed by atoms with van der Waals surface area (Å²) in [6.45, 7) is 8.35. The molecule has 0 aliphatic heterocycles. The second-order valence-corrected chi connectivity index (χ2v) is 8.08. The van der Waals surface area contributed by atoms with Crippen molar-refractivity contribution in [3.8, 4) is 0 Å². The zero-order valence-electron chi connectivity index (χ0n) is 12.8. The zero-order chi connectivity index (χ0) is 13.7. The molecule has 2 unspecified atom stereocenters. The summed E-state index contributed by atoms with van der Waals surface area (Å²) >= 11 is 0. The first-order chi connectivity index (χ1) is 8.93. The first-order valence-electron chi connectivity index (χ1n) is 8.23. The Kier molecular flexibility index (Phi) is 3.46. The summed E-state index contributed by atoms with van der Waals surface area (Å²) in [5.41, 5.74) is 0.970. The summed E-state index contributed by atoms with van der Waals surface area (Å²) in [7, 11) is 0. The molecule has 2 heteroatoms. The Morgan fingerprint density at radius 3 is 2.47 bits per heavy atom. The number of ether oxygens (including phenoxy) is 1. The summed E-state index contributed by atoms with van der Waals surface area (Å²) < 4.78 is 6.19. The maximum atomic E-state index is 9.73. The Labute approximate surface area is 117 Å². The van der Waals surface area contributed by atoms with Gasteiger partial charge in [-0.2, -0.15) is 0 Å². The lowest BCUT2D eigenvalue weighted by molar-refractivity contribution is -0.0510. The SMILES string of the molecule is CC1(C)[C@@H]2CC[C@@]1(C)[C@H](COC1CCCC(O)C1)C2. The van der Waals surface area contributed by atoms with Gasteiger partial charge < -0.3 is 9.84 Å². The van der Waals surface area contributed by atoms with Crippen LogP contribution in [-0.4, -0.2) is 23.9 Å². The molecule has 3 rings (SSSR count). The third-order valence-electron chi connectivity index (χ3n) is 7.11. The van der Waals surface area contributed by atoms with Crippen molar-refractivity contribution in [1.29, 1.82) is 0 Å². The normalized spacial score (nSPS) is 48.6. The van der Waals surface area contributed by atoms with E-state index in [9.17, 15) is 5.11 Å². The van der Waals surface area contributed by atoms with E-state index in [2.05, 4.69) is 20.8 Å². The van der Waals surface area contributed by atoms with Gasteiger partial charge in [-0.25, -0.2) is 0 Å². The fraction of sp³-hybridized carbons (Fsp3) is 1.00. The number of aliphatic hydroxyl groups excluding tert-OH is 1. The van der Waals surface area contributed by atoms with Crippen molar-refractivity contribution in [3.05, 3.63) is 0 Å². The van der Waals surface area contributed by atoms with Gasteiger partial charge in [-0.3, -0.25) is 0 Å². The largest absolute Gasteiger partial charge is 0.393 e. The minimum absolute atomic E-state index is 0.120. The summed E-state index contributed by atoms with van der Waals surface area (Å²) in [5.74, 6) is 1.64. The molecule has 3 aliphatic rings. The van der Waals surface area contributed by atoms with E-state index in [0.717, 1.165) is 44.1 Å². The van der Waals surface area contributed by atoms with E-state index >= 15 is 0 Å². The Morgan fingerprint density at radius 1 is 1.11 bits per heavy atom. The number of fused-ring (bicyclic) bond motifs is 2. The Balaban J connectivity index is 1.57. The Morgan fingerprint density at radius 2 is 1.89 bits per heavy atom. The fourth-order valence-electron chi connectivity index (χ4n) is 5.15. The van der Waals surface area contributed by atoms with E-state index < -0.39 is 0 Å². The van der Waals surface area contributed by atoms with Crippen LogP contribution in [0.4, 0.5) is 0 Å². The van der Waals surface area contributed by atoms with E-state index in [1.54, 1.807) is 0 Å². The van der Waals surface area contributed by atoms with Gasteiger partial charge in [0.05, 0.1) is 18.8 Å². The summed E-state index contributed by atoms with van der Waals surface area (Å²) in [6, 6.07) is 0. The van der Waals surface area contributed by atoms with Crippen molar-refractivity contribution in [3.63, 3.8) is 0 Å². The number of rotatable bonds is 3. The second-order valence-electron chi connectivity index (χ2n) is 8.08. The smallest absolute Gasteiger partial charge is 0.0599 e. The van der Waals surface area contributed by atoms with Crippen LogP contribution in [0.25, 0.3) is 0 Å². The molecule has 0 spiro atoms. The first kappa shape index (κ1) is 13.9. The number of hydrogen-bond donors (Lipinski definition) is 1. The molecule has 0 aromatic carbocycles. The van der Waals surface area contributed by atoms with Crippen LogP contribution in [0.3, 0.4) is 0 Å².